The molecule has 0 N–H and O–H groups in total. The maximum absolute atomic E-state index is 2.71. The van der Waals surface area contributed by atoms with Crippen molar-refractivity contribution in [1.29, 1.82) is 0 Å². The second-order valence-electron chi connectivity index (χ2n) is 13.6. The van der Waals surface area contributed by atoms with Gasteiger partial charge in [-0.2, -0.15) is 0 Å². The van der Waals surface area contributed by atoms with Crippen LogP contribution in [0, 0.1) is 0 Å². The third kappa shape index (κ3) is 4.70. The quantitative estimate of drug-likeness (QED) is 0.164. The molecule has 7 rings (SSSR count). The second kappa shape index (κ2) is 12.0. The van der Waals surface area contributed by atoms with Crippen LogP contribution in [0.3, 0.4) is 0 Å². The van der Waals surface area contributed by atoms with Crippen molar-refractivity contribution in [2.24, 2.45) is 0 Å². The van der Waals surface area contributed by atoms with Gasteiger partial charge in [0.05, 0.1) is 0 Å². The van der Waals surface area contributed by atoms with E-state index in [1.54, 1.807) is 32.6 Å². The van der Waals surface area contributed by atoms with Crippen LogP contribution in [0.2, 0.25) is 13.1 Å². The first-order chi connectivity index (χ1) is 21.4. The predicted molar refractivity (Wildman–Crippen MR) is 189 cm³/mol. The monoisotopic (exact) mass is 668 g/mol. The predicted octanol–water partition coefficient (Wildman–Crippen LogP) is 11.9. The Bertz CT molecular complexity index is 1650. The van der Waals surface area contributed by atoms with Gasteiger partial charge < -0.3 is 0 Å². The van der Waals surface area contributed by atoms with E-state index in [-0.39, 0.29) is 0 Å². The average molecular weight is 670 g/mol. The van der Waals surface area contributed by atoms with Crippen molar-refractivity contribution in [2.45, 2.75) is 86.6 Å². The number of hydrogen-bond acceptors (Lipinski definition) is 0. The molecule has 0 nitrogen and oxygen atoms in total. The Morgan fingerprint density at radius 2 is 0.955 bits per heavy atom. The zero-order valence-corrected chi connectivity index (χ0v) is 30.9. The van der Waals surface area contributed by atoms with Crippen LogP contribution in [0.25, 0.3) is 32.6 Å². The minimum atomic E-state index is -2.11. The second-order valence-corrected chi connectivity index (χ2v) is 21.5. The first-order valence-corrected chi connectivity index (χ1v) is 22.9. The van der Waals surface area contributed by atoms with E-state index in [1.807, 2.05) is 11.1 Å². The van der Waals surface area contributed by atoms with E-state index < -0.39 is 31.3 Å². The molecule has 0 spiro atoms. The maximum atomic E-state index is 2.71. The van der Waals surface area contributed by atoms with Crippen LogP contribution in [0.4, 0.5) is 0 Å². The van der Waals surface area contributed by atoms with Crippen molar-refractivity contribution in [3.05, 3.63) is 129 Å². The molecule has 0 saturated carbocycles. The fourth-order valence-corrected chi connectivity index (χ4v) is 19.4. The first kappa shape index (κ1) is 30.1. The minimum absolute atomic E-state index is 0.677. The fraction of sp³-hybridized carbons (Fsp3) is 0.333. The van der Waals surface area contributed by atoms with Crippen LogP contribution in [0.5, 0.6) is 0 Å². The van der Waals surface area contributed by atoms with Crippen molar-refractivity contribution in [2.75, 3.05) is 0 Å². The molecule has 0 amide bonds. The van der Waals surface area contributed by atoms with Gasteiger partial charge in [-0.15, -0.1) is 0 Å². The fourth-order valence-electron chi connectivity index (χ4n) is 8.79. The summed E-state index contributed by atoms with van der Waals surface area (Å²) in [6.45, 7) is 14.9. The molecule has 2 unspecified atom stereocenters. The molecule has 3 aliphatic rings. The Hall–Kier alpha value is -2.54. The van der Waals surface area contributed by atoms with E-state index in [4.69, 9.17) is 0 Å². The van der Waals surface area contributed by atoms with Gasteiger partial charge in [-0.3, -0.25) is 0 Å². The molecule has 1 aliphatic heterocycles. The van der Waals surface area contributed by atoms with E-state index in [2.05, 4.69) is 126 Å². The van der Waals surface area contributed by atoms with Crippen molar-refractivity contribution in [3.63, 3.8) is 0 Å². The van der Waals surface area contributed by atoms with E-state index >= 15 is 0 Å². The number of benzene rings is 4. The number of fused-ring (bicyclic) bond motifs is 8. The average Bonchev–Trinajstić information content (AvgIpc) is 3.56. The Morgan fingerprint density at radius 3 is 1.32 bits per heavy atom. The van der Waals surface area contributed by atoms with Gasteiger partial charge in [0, 0.05) is 0 Å². The summed E-state index contributed by atoms with van der Waals surface area (Å²) in [7, 11) is -2.11. The summed E-state index contributed by atoms with van der Waals surface area (Å²) in [5, 5.41) is 3.57. The van der Waals surface area contributed by atoms with Crippen LogP contribution >= 0.6 is 0 Å². The van der Waals surface area contributed by atoms with Crippen LogP contribution in [0.1, 0.15) is 94.0 Å². The molecule has 0 radical (unpaired) electrons. The molecule has 4 bridgehead atoms. The molecule has 2 atom stereocenters. The molecule has 1 heterocycles. The number of hydrogen-bond donors (Lipinski definition) is 0. The number of rotatable bonds is 8. The molecule has 44 heavy (non-hydrogen) atoms. The first-order valence-electron chi connectivity index (χ1n) is 17.1. The van der Waals surface area contributed by atoms with Gasteiger partial charge in [0.1, 0.15) is 0 Å². The van der Waals surface area contributed by atoms with Crippen LogP contribution < -0.4 is 0 Å². The van der Waals surface area contributed by atoms with Crippen molar-refractivity contribution >= 4 is 18.5 Å². The summed E-state index contributed by atoms with van der Waals surface area (Å²) >= 11 is -0.919. The summed E-state index contributed by atoms with van der Waals surface area (Å²) in [5.41, 5.74) is 18.9. The zero-order valence-electron chi connectivity index (χ0n) is 27.5. The van der Waals surface area contributed by atoms with Gasteiger partial charge in [-0.25, -0.2) is 0 Å². The molecular formula is C42H46SiZr. The van der Waals surface area contributed by atoms with Crippen molar-refractivity contribution in [1.82, 2.24) is 0 Å². The molecule has 0 fully saturated rings. The van der Waals surface area contributed by atoms with Crippen LogP contribution in [-0.4, -0.2) is 8.07 Å². The van der Waals surface area contributed by atoms with Crippen LogP contribution in [-0.2, 0) is 36.1 Å². The molecule has 4 aromatic rings. The van der Waals surface area contributed by atoms with E-state index in [0.717, 1.165) is 12.8 Å². The number of aryl methyl sites for hydroxylation is 2. The summed E-state index contributed by atoms with van der Waals surface area (Å²) in [5.74, 6) is 0. The molecule has 2 heteroatoms. The molecular weight excluding hydrogens is 624 g/mol. The molecule has 0 aromatic heterocycles. The van der Waals surface area contributed by atoms with E-state index in [0.29, 0.717) is 7.25 Å². The van der Waals surface area contributed by atoms with Gasteiger partial charge in [-0.1, -0.05) is 0 Å². The Kier molecular flexibility index (Phi) is 8.22. The van der Waals surface area contributed by atoms with Crippen molar-refractivity contribution in [3.8, 4) is 22.3 Å². The summed E-state index contributed by atoms with van der Waals surface area (Å²) in [6.07, 6.45) is 7.08. The molecule has 4 aromatic carbocycles. The summed E-state index contributed by atoms with van der Waals surface area (Å²) < 4.78 is 1.35. The van der Waals surface area contributed by atoms with Crippen LogP contribution in [0.15, 0.2) is 96.1 Å². The third-order valence-electron chi connectivity index (χ3n) is 10.6. The summed E-state index contributed by atoms with van der Waals surface area (Å²) in [6, 6.07) is 33.8. The van der Waals surface area contributed by atoms with Gasteiger partial charge >= 0.3 is 280 Å². The van der Waals surface area contributed by atoms with Gasteiger partial charge in [0.25, 0.3) is 0 Å². The zero-order chi connectivity index (χ0) is 30.6. The SMILES string of the molecule is CCCc1ccc(-c2cccc3c2C2=C(CC)[CH]3[Zr][CH]3C(CC)=C(c4c(-c5ccc(CCC)cc5)cccc43)[Si]2(C)C)cc1. The Balaban J connectivity index is 1.44. The molecule has 0 saturated heterocycles. The van der Waals surface area contributed by atoms with E-state index in [9.17, 15) is 0 Å². The molecule has 222 valence electrons. The number of allylic oxidation sites excluding steroid dienone is 2. The Labute approximate surface area is 278 Å². The normalized spacial score (nSPS) is 19.4. The van der Waals surface area contributed by atoms with Gasteiger partial charge in [0.15, 0.2) is 0 Å². The Morgan fingerprint density at radius 1 is 0.545 bits per heavy atom. The van der Waals surface area contributed by atoms with E-state index in [1.165, 1.54) is 59.1 Å². The topological polar surface area (TPSA) is 0 Å². The van der Waals surface area contributed by atoms with Crippen molar-refractivity contribution < 1.29 is 23.2 Å². The van der Waals surface area contributed by atoms with Gasteiger partial charge in [0.2, 0.25) is 0 Å². The standard InChI is InChI=1S/C42H46Si.Zr/c1-7-13-29-19-23-33(24-20-29)37-17-11-15-35-27-31(9-3)41(39(35)37)43(5,6)42-32(10-4)28-36-16-12-18-38(40(36)42)34-25-21-30(14-8-2)22-26-34;/h11-12,15-28H,7-10,13-14H2,1-6H3;. The summed E-state index contributed by atoms with van der Waals surface area (Å²) in [4.78, 5) is 0. The molecule has 2 aliphatic carbocycles. The van der Waals surface area contributed by atoms with Gasteiger partial charge in [-0.05, 0) is 0 Å². The third-order valence-corrected chi connectivity index (χ3v) is 19.1.